The van der Waals surface area contributed by atoms with Crippen molar-refractivity contribution in [3.63, 3.8) is 0 Å². The number of amides is 3. The molecule has 0 radical (unpaired) electrons. The highest BCUT2D eigenvalue weighted by Gasteiger charge is 2.34. The summed E-state index contributed by atoms with van der Waals surface area (Å²) in [5.41, 5.74) is 2.03. The standard InChI is InChI=1S/C24H33N5O6Si/c1-27-19-7-5-6-8-20(19)35-14-17(23(27)31)25-22(30)21-16-13-28(24(32)33)10-9-18(16)29(26-21)15-34-11-12-36(2,3)4/h5-8,17H,9-15H2,1-4H3,(H,25,30)(H,32,33)/t17-/m0/s1. The van der Waals surface area contributed by atoms with Crippen molar-refractivity contribution in [1.29, 1.82) is 0 Å². The molecule has 4 rings (SSSR count). The number of ether oxygens (including phenoxy) is 2. The largest absolute Gasteiger partial charge is 0.489 e. The van der Waals surface area contributed by atoms with Gasteiger partial charge in [0.15, 0.2) is 5.69 Å². The first kappa shape index (κ1) is 25.7. The normalized spacial score (nSPS) is 17.7. The van der Waals surface area contributed by atoms with Crippen LogP contribution in [0, 0.1) is 0 Å². The Kier molecular flexibility index (Phi) is 7.36. The summed E-state index contributed by atoms with van der Waals surface area (Å²) in [6.45, 7) is 7.89. The summed E-state index contributed by atoms with van der Waals surface area (Å²) in [5, 5.41) is 16.8. The van der Waals surface area contributed by atoms with E-state index in [0.29, 0.717) is 36.6 Å². The van der Waals surface area contributed by atoms with Gasteiger partial charge in [-0.1, -0.05) is 31.8 Å². The van der Waals surface area contributed by atoms with Crippen LogP contribution >= 0.6 is 0 Å². The zero-order chi connectivity index (χ0) is 26.0. The molecule has 2 aliphatic rings. The average Bonchev–Trinajstić information content (AvgIpc) is 3.15. The number of hydrogen-bond donors (Lipinski definition) is 2. The van der Waals surface area contributed by atoms with Crippen LogP contribution in [0.15, 0.2) is 24.3 Å². The predicted molar refractivity (Wildman–Crippen MR) is 135 cm³/mol. The number of carboxylic acid groups (broad SMARTS) is 1. The summed E-state index contributed by atoms with van der Waals surface area (Å²) in [7, 11) is 0.371. The van der Waals surface area contributed by atoms with Crippen LogP contribution < -0.4 is 15.0 Å². The van der Waals surface area contributed by atoms with Gasteiger partial charge in [0.2, 0.25) is 0 Å². The molecule has 36 heavy (non-hydrogen) atoms. The monoisotopic (exact) mass is 515 g/mol. The Morgan fingerprint density at radius 2 is 2.03 bits per heavy atom. The van der Waals surface area contributed by atoms with E-state index < -0.39 is 26.1 Å². The Morgan fingerprint density at radius 1 is 1.28 bits per heavy atom. The third kappa shape index (κ3) is 5.54. The maximum Gasteiger partial charge on any atom is 0.407 e. The van der Waals surface area contributed by atoms with Crippen LogP contribution in [0.2, 0.25) is 25.7 Å². The third-order valence-electron chi connectivity index (χ3n) is 6.40. The van der Waals surface area contributed by atoms with Crippen LogP contribution in [0.5, 0.6) is 5.75 Å². The van der Waals surface area contributed by atoms with Gasteiger partial charge in [0.1, 0.15) is 25.1 Å². The number of fused-ring (bicyclic) bond motifs is 2. The van der Waals surface area contributed by atoms with Crippen LogP contribution in [0.25, 0.3) is 0 Å². The highest BCUT2D eigenvalue weighted by Crippen LogP contribution is 2.30. The lowest BCUT2D eigenvalue weighted by molar-refractivity contribution is -0.120. The van der Waals surface area contributed by atoms with Gasteiger partial charge < -0.3 is 29.7 Å². The van der Waals surface area contributed by atoms with Gasteiger partial charge in [-0.25, -0.2) is 9.48 Å². The Hall–Kier alpha value is -3.38. The van der Waals surface area contributed by atoms with Crippen molar-refractivity contribution >= 4 is 31.7 Å². The molecule has 194 valence electrons. The number of carbonyl (C=O) groups excluding carboxylic acids is 2. The van der Waals surface area contributed by atoms with E-state index in [1.165, 1.54) is 9.80 Å². The number of para-hydroxylation sites is 2. The van der Waals surface area contributed by atoms with Crippen molar-refractivity contribution in [2.75, 3.05) is 31.7 Å². The fourth-order valence-electron chi connectivity index (χ4n) is 4.26. The maximum absolute atomic E-state index is 13.4. The number of nitrogens with one attached hydrogen (secondary N) is 1. The molecule has 2 aromatic rings. The highest BCUT2D eigenvalue weighted by molar-refractivity contribution is 6.76. The molecule has 2 N–H and O–H groups in total. The summed E-state index contributed by atoms with van der Waals surface area (Å²) < 4.78 is 13.3. The molecule has 12 heteroatoms. The van der Waals surface area contributed by atoms with Gasteiger partial charge in [0.25, 0.3) is 11.8 Å². The zero-order valence-corrected chi connectivity index (χ0v) is 22.1. The zero-order valence-electron chi connectivity index (χ0n) is 21.1. The smallest absolute Gasteiger partial charge is 0.407 e. The number of carbonyl (C=O) groups is 3. The minimum atomic E-state index is -1.26. The second kappa shape index (κ2) is 10.3. The summed E-state index contributed by atoms with van der Waals surface area (Å²) in [6.07, 6.45) is -0.638. The summed E-state index contributed by atoms with van der Waals surface area (Å²) in [4.78, 5) is 40.7. The van der Waals surface area contributed by atoms with E-state index in [1.54, 1.807) is 23.9 Å². The number of aromatic nitrogens is 2. The molecule has 0 saturated heterocycles. The first-order valence-electron chi connectivity index (χ1n) is 12.0. The number of benzene rings is 1. The van der Waals surface area contributed by atoms with Crippen molar-refractivity contribution in [3.8, 4) is 5.75 Å². The van der Waals surface area contributed by atoms with Crippen molar-refractivity contribution in [3.05, 3.63) is 41.2 Å². The maximum atomic E-state index is 13.4. The Bertz CT molecular complexity index is 1160. The van der Waals surface area contributed by atoms with Crippen LogP contribution in [0.1, 0.15) is 21.7 Å². The molecule has 11 nitrogen and oxygen atoms in total. The first-order valence-corrected chi connectivity index (χ1v) is 15.7. The van der Waals surface area contributed by atoms with Crippen LogP contribution in [0.3, 0.4) is 0 Å². The van der Waals surface area contributed by atoms with Gasteiger partial charge in [0.05, 0.1) is 12.2 Å². The minimum absolute atomic E-state index is 0.0319. The quantitative estimate of drug-likeness (QED) is 0.428. The van der Waals surface area contributed by atoms with Gasteiger partial charge in [-0.2, -0.15) is 5.10 Å². The molecule has 0 spiro atoms. The molecule has 1 atom stereocenters. The van der Waals surface area contributed by atoms with E-state index in [1.807, 2.05) is 12.1 Å². The SMILES string of the molecule is CN1C(=O)[C@@H](NC(=O)c2nn(COCC[Si](C)(C)C)c3c2CN(C(=O)O)CC3)COc2ccccc21. The van der Waals surface area contributed by atoms with E-state index in [2.05, 4.69) is 30.1 Å². The second-order valence-electron chi connectivity index (χ2n) is 10.3. The molecule has 3 heterocycles. The number of nitrogens with zero attached hydrogens (tertiary/aromatic N) is 4. The molecular weight excluding hydrogens is 482 g/mol. The highest BCUT2D eigenvalue weighted by atomic mass is 28.3. The van der Waals surface area contributed by atoms with Crippen molar-refractivity contribution in [1.82, 2.24) is 20.0 Å². The fraction of sp³-hybridized carbons (Fsp3) is 0.500. The van der Waals surface area contributed by atoms with Gasteiger partial charge in [-0.15, -0.1) is 0 Å². The van der Waals surface area contributed by atoms with E-state index in [0.717, 1.165) is 11.7 Å². The van der Waals surface area contributed by atoms with Crippen molar-refractivity contribution in [2.45, 2.75) is 51.4 Å². The second-order valence-corrected chi connectivity index (χ2v) is 15.9. The molecule has 0 fully saturated rings. The Morgan fingerprint density at radius 3 is 2.75 bits per heavy atom. The number of rotatable bonds is 7. The van der Waals surface area contributed by atoms with Gasteiger partial charge >= 0.3 is 6.09 Å². The topological polar surface area (TPSA) is 126 Å². The lowest BCUT2D eigenvalue weighted by Gasteiger charge is -2.25. The predicted octanol–water partition coefficient (Wildman–Crippen LogP) is 2.39. The summed E-state index contributed by atoms with van der Waals surface area (Å²) in [6, 6.07) is 7.24. The lowest BCUT2D eigenvalue weighted by atomic mass is 10.0. The number of hydrogen-bond acceptors (Lipinski definition) is 6. The van der Waals surface area contributed by atoms with E-state index >= 15 is 0 Å². The Labute approximate surface area is 211 Å². The van der Waals surface area contributed by atoms with Crippen LogP contribution in [-0.2, 0) is 29.2 Å². The first-order chi connectivity index (χ1) is 17.0. The lowest BCUT2D eigenvalue weighted by Crippen LogP contribution is -2.49. The van der Waals surface area contributed by atoms with Crippen LogP contribution in [-0.4, -0.2) is 78.6 Å². The van der Waals surface area contributed by atoms with Crippen molar-refractivity contribution in [2.24, 2.45) is 0 Å². The van der Waals surface area contributed by atoms with Crippen molar-refractivity contribution < 1.29 is 29.0 Å². The van der Waals surface area contributed by atoms with Gasteiger partial charge in [-0.05, 0) is 18.2 Å². The van der Waals surface area contributed by atoms with Crippen LogP contribution in [0.4, 0.5) is 10.5 Å². The molecule has 2 aliphatic heterocycles. The number of anilines is 1. The Balaban J connectivity index is 1.54. The average molecular weight is 516 g/mol. The van der Waals surface area contributed by atoms with E-state index in [4.69, 9.17) is 9.47 Å². The van der Waals surface area contributed by atoms with Gasteiger partial charge in [-0.3, -0.25) is 9.59 Å². The van der Waals surface area contributed by atoms with Gasteiger partial charge in [0, 0.05) is 46.0 Å². The number of likely N-dealkylation sites (N-methyl/N-ethyl adjacent to an activating group) is 1. The van der Waals surface area contributed by atoms with E-state index in [9.17, 15) is 19.5 Å². The van der Waals surface area contributed by atoms with E-state index in [-0.39, 0.29) is 31.5 Å². The fourth-order valence-corrected chi connectivity index (χ4v) is 5.01. The molecule has 0 unspecified atom stereocenters. The molecule has 0 bridgehead atoms. The minimum Gasteiger partial charge on any atom is -0.489 e. The molecule has 3 amide bonds. The molecule has 1 aromatic carbocycles. The molecule has 0 aliphatic carbocycles. The summed E-state index contributed by atoms with van der Waals surface area (Å²) in [5.74, 6) is -0.316. The molecule has 1 aromatic heterocycles. The molecular formula is C24H33N5O6Si. The molecule has 0 saturated carbocycles. The third-order valence-corrected chi connectivity index (χ3v) is 8.10. The summed E-state index contributed by atoms with van der Waals surface area (Å²) >= 11 is 0.